The Bertz CT molecular complexity index is 710. The first kappa shape index (κ1) is 14.9. The molecule has 0 aliphatic heterocycles. The van der Waals surface area contributed by atoms with Crippen LogP contribution in [0, 0.1) is 6.92 Å². The van der Waals surface area contributed by atoms with Crippen LogP contribution in [0.4, 0.5) is 0 Å². The molecule has 0 saturated carbocycles. The number of benzene rings is 1. The van der Waals surface area contributed by atoms with Gasteiger partial charge in [-0.2, -0.15) is 5.10 Å². The Morgan fingerprint density at radius 1 is 1.35 bits per heavy atom. The average molecular weight is 315 g/mol. The topological polar surface area (TPSA) is 61.2 Å². The molecular formula is C13H15ClN2O3S. The lowest BCUT2D eigenvalue weighted by Crippen LogP contribution is -2.07. The van der Waals surface area contributed by atoms with E-state index in [9.17, 15) is 8.42 Å². The number of halogens is 1. The fourth-order valence-corrected chi connectivity index (χ4v) is 2.89. The summed E-state index contributed by atoms with van der Waals surface area (Å²) >= 11 is 0. The molecule has 2 aromatic rings. The van der Waals surface area contributed by atoms with Crippen LogP contribution in [0.5, 0.6) is 5.75 Å². The molecule has 0 aliphatic rings. The van der Waals surface area contributed by atoms with E-state index in [1.165, 1.54) is 6.07 Å². The minimum Gasteiger partial charge on any atom is -0.492 e. The number of hydrogen-bond donors (Lipinski definition) is 0. The van der Waals surface area contributed by atoms with E-state index in [-0.39, 0.29) is 10.6 Å². The van der Waals surface area contributed by atoms with Gasteiger partial charge in [0.1, 0.15) is 10.6 Å². The number of aryl methyl sites for hydroxylation is 2. The van der Waals surface area contributed by atoms with Crippen LogP contribution in [0.15, 0.2) is 35.4 Å². The SMILES string of the molecule is Cc1ccc(OCCc2ccnn2C)c(S(=O)(=O)Cl)c1. The quantitative estimate of drug-likeness (QED) is 0.794. The number of nitrogens with zero attached hydrogens (tertiary/aromatic N) is 2. The molecular weight excluding hydrogens is 300 g/mol. The van der Waals surface area contributed by atoms with Crippen LogP contribution in [0.1, 0.15) is 11.3 Å². The van der Waals surface area contributed by atoms with Crippen molar-refractivity contribution in [3.05, 3.63) is 41.7 Å². The maximum atomic E-state index is 11.5. The summed E-state index contributed by atoms with van der Waals surface area (Å²) in [6.45, 7) is 2.15. The summed E-state index contributed by atoms with van der Waals surface area (Å²) in [5.74, 6) is 0.271. The van der Waals surface area contributed by atoms with Gasteiger partial charge in [0, 0.05) is 36.0 Å². The lowest BCUT2D eigenvalue weighted by atomic mass is 10.2. The summed E-state index contributed by atoms with van der Waals surface area (Å²) in [6.07, 6.45) is 2.34. The Balaban J connectivity index is 2.12. The van der Waals surface area contributed by atoms with Crippen LogP contribution in [0.25, 0.3) is 0 Å². The molecule has 5 nitrogen and oxygen atoms in total. The first-order valence-corrected chi connectivity index (χ1v) is 8.34. The van der Waals surface area contributed by atoms with Crippen LogP contribution < -0.4 is 4.74 Å². The zero-order valence-electron chi connectivity index (χ0n) is 11.2. The second-order valence-electron chi connectivity index (χ2n) is 4.43. The van der Waals surface area contributed by atoms with Gasteiger partial charge in [-0.1, -0.05) is 6.07 Å². The van der Waals surface area contributed by atoms with E-state index in [1.807, 2.05) is 13.1 Å². The second-order valence-corrected chi connectivity index (χ2v) is 6.97. The minimum absolute atomic E-state index is 0.00386. The standard InChI is InChI=1S/C13H15ClN2O3S/c1-10-3-4-12(13(9-10)20(14,17)18)19-8-6-11-5-7-15-16(11)2/h3-5,7,9H,6,8H2,1-2H3. The van der Waals surface area contributed by atoms with Gasteiger partial charge in [-0.15, -0.1) is 0 Å². The summed E-state index contributed by atoms with van der Waals surface area (Å²) in [4.78, 5) is 0.00386. The normalized spacial score (nSPS) is 11.6. The first-order chi connectivity index (χ1) is 9.38. The first-order valence-electron chi connectivity index (χ1n) is 6.03. The molecule has 7 heteroatoms. The van der Waals surface area contributed by atoms with Crippen LogP contribution in [0.3, 0.4) is 0 Å². The summed E-state index contributed by atoms with van der Waals surface area (Å²) in [6, 6.07) is 6.79. The summed E-state index contributed by atoms with van der Waals surface area (Å²) < 4.78 is 30.3. The highest BCUT2D eigenvalue weighted by molar-refractivity contribution is 8.13. The highest BCUT2D eigenvalue weighted by Crippen LogP contribution is 2.28. The molecule has 0 bridgehead atoms. The Morgan fingerprint density at radius 3 is 2.70 bits per heavy atom. The molecule has 0 atom stereocenters. The molecule has 1 aromatic heterocycles. The predicted molar refractivity (Wildman–Crippen MR) is 76.6 cm³/mol. The van der Waals surface area contributed by atoms with Crippen LogP contribution in [-0.2, 0) is 22.5 Å². The van der Waals surface area contributed by atoms with E-state index in [4.69, 9.17) is 15.4 Å². The van der Waals surface area contributed by atoms with E-state index in [2.05, 4.69) is 5.10 Å². The van der Waals surface area contributed by atoms with E-state index >= 15 is 0 Å². The van der Waals surface area contributed by atoms with Gasteiger partial charge in [0.2, 0.25) is 0 Å². The molecule has 0 aliphatic carbocycles. The number of aromatic nitrogens is 2. The van der Waals surface area contributed by atoms with Gasteiger partial charge in [-0.3, -0.25) is 4.68 Å². The van der Waals surface area contributed by atoms with E-state index in [1.54, 1.807) is 29.9 Å². The molecule has 0 saturated heterocycles. The largest absolute Gasteiger partial charge is 0.492 e. The molecule has 1 aromatic carbocycles. The molecule has 0 amide bonds. The van der Waals surface area contributed by atoms with Crippen molar-refractivity contribution in [1.82, 2.24) is 9.78 Å². The smallest absolute Gasteiger partial charge is 0.264 e. The van der Waals surface area contributed by atoms with Crippen LogP contribution >= 0.6 is 10.7 Å². The van der Waals surface area contributed by atoms with Crippen LogP contribution in [0.2, 0.25) is 0 Å². The van der Waals surface area contributed by atoms with Crippen molar-refractivity contribution in [3.63, 3.8) is 0 Å². The molecule has 20 heavy (non-hydrogen) atoms. The molecule has 2 rings (SSSR count). The van der Waals surface area contributed by atoms with Crippen LogP contribution in [-0.4, -0.2) is 24.8 Å². The van der Waals surface area contributed by atoms with Gasteiger partial charge < -0.3 is 4.74 Å². The van der Waals surface area contributed by atoms with Crippen molar-refractivity contribution < 1.29 is 13.2 Å². The molecule has 0 unspecified atom stereocenters. The fourth-order valence-electron chi connectivity index (χ4n) is 1.84. The predicted octanol–water partition coefficient (Wildman–Crippen LogP) is 2.28. The highest BCUT2D eigenvalue weighted by atomic mass is 35.7. The number of rotatable bonds is 5. The summed E-state index contributed by atoms with van der Waals surface area (Å²) in [7, 11) is 3.44. The highest BCUT2D eigenvalue weighted by Gasteiger charge is 2.17. The minimum atomic E-state index is -3.82. The lowest BCUT2D eigenvalue weighted by Gasteiger charge is -2.10. The molecule has 108 valence electrons. The Kier molecular flexibility index (Phi) is 4.35. The van der Waals surface area contributed by atoms with E-state index in [0.717, 1.165) is 11.3 Å². The maximum absolute atomic E-state index is 11.5. The van der Waals surface area contributed by atoms with Gasteiger partial charge >= 0.3 is 0 Å². The van der Waals surface area contributed by atoms with Crippen molar-refractivity contribution in [2.24, 2.45) is 7.05 Å². The van der Waals surface area contributed by atoms with Gasteiger partial charge in [-0.05, 0) is 30.7 Å². The molecule has 0 N–H and O–H groups in total. The van der Waals surface area contributed by atoms with Crippen molar-refractivity contribution >= 4 is 19.7 Å². The molecule has 0 fully saturated rings. The zero-order valence-corrected chi connectivity index (χ0v) is 12.8. The van der Waals surface area contributed by atoms with Crippen molar-refractivity contribution in [3.8, 4) is 5.75 Å². The molecule has 1 heterocycles. The van der Waals surface area contributed by atoms with E-state index in [0.29, 0.717) is 13.0 Å². The average Bonchev–Trinajstić information content (AvgIpc) is 2.76. The van der Waals surface area contributed by atoms with Crippen molar-refractivity contribution in [2.45, 2.75) is 18.2 Å². The molecule has 0 radical (unpaired) electrons. The fraction of sp³-hybridized carbons (Fsp3) is 0.308. The Hall–Kier alpha value is -1.53. The van der Waals surface area contributed by atoms with Gasteiger partial charge in [0.25, 0.3) is 9.05 Å². The molecule has 0 spiro atoms. The lowest BCUT2D eigenvalue weighted by molar-refractivity contribution is 0.310. The Morgan fingerprint density at radius 2 is 2.10 bits per heavy atom. The third-order valence-corrected chi connectivity index (χ3v) is 4.24. The number of hydrogen-bond acceptors (Lipinski definition) is 4. The van der Waals surface area contributed by atoms with E-state index < -0.39 is 9.05 Å². The van der Waals surface area contributed by atoms with Gasteiger partial charge in [-0.25, -0.2) is 8.42 Å². The maximum Gasteiger partial charge on any atom is 0.264 e. The van der Waals surface area contributed by atoms with Crippen molar-refractivity contribution in [2.75, 3.05) is 6.61 Å². The summed E-state index contributed by atoms with van der Waals surface area (Å²) in [5, 5.41) is 4.05. The second kappa shape index (κ2) is 5.85. The Labute approximate surface area is 122 Å². The third-order valence-electron chi connectivity index (χ3n) is 2.90. The van der Waals surface area contributed by atoms with Crippen molar-refractivity contribution in [1.29, 1.82) is 0 Å². The third kappa shape index (κ3) is 3.52. The zero-order chi connectivity index (χ0) is 14.8. The summed E-state index contributed by atoms with van der Waals surface area (Å²) in [5.41, 5.74) is 1.82. The van der Waals surface area contributed by atoms with Gasteiger partial charge in [0.05, 0.1) is 6.61 Å². The number of ether oxygens (including phenoxy) is 1. The monoisotopic (exact) mass is 314 g/mol. The van der Waals surface area contributed by atoms with Gasteiger partial charge in [0.15, 0.2) is 0 Å².